The van der Waals surface area contributed by atoms with Crippen LogP contribution in [-0.2, 0) is 4.79 Å². The van der Waals surface area contributed by atoms with Crippen LogP contribution in [0.1, 0.15) is 29.2 Å². The van der Waals surface area contributed by atoms with Crippen LogP contribution in [0.4, 0.5) is 0 Å². The molecule has 1 unspecified atom stereocenters. The quantitative estimate of drug-likeness (QED) is 0.797. The van der Waals surface area contributed by atoms with Gasteiger partial charge in [0.1, 0.15) is 5.75 Å². The van der Waals surface area contributed by atoms with Crippen LogP contribution in [0, 0.1) is 13.8 Å². The third kappa shape index (κ3) is 4.51. The number of aliphatic hydroxyl groups is 1. The number of hydrogen-bond donors (Lipinski definition) is 2. The van der Waals surface area contributed by atoms with Gasteiger partial charge in [0.2, 0.25) is 0 Å². The average molecular weight is 281 g/mol. The van der Waals surface area contributed by atoms with Crippen molar-refractivity contribution in [3.05, 3.63) is 28.8 Å². The molecule has 0 saturated carbocycles. The maximum Gasteiger partial charge on any atom is 0.304 e. The molecule has 0 bridgehead atoms. The monoisotopic (exact) mass is 281 g/mol. The highest BCUT2D eigenvalue weighted by Crippen LogP contribution is 2.27. The first-order valence-corrected chi connectivity index (χ1v) is 6.58. The Balaban J connectivity index is 2.77. The highest BCUT2D eigenvalue weighted by molar-refractivity contribution is 5.66. The summed E-state index contributed by atoms with van der Waals surface area (Å²) in [5.41, 5.74) is 2.83. The van der Waals surface area contributed by atoms with Gasteiger partial charge in [0.25, 0.3) is 0 Å². The standard InChI is InChI=1S/C15H23NO4/c1-10-7-12(20-4)8-11(2)15(10)13(17)9-16(3)6-5-14(18)19/h7-8,13,17H,5-6,9H2,1-4H3,(H,18,19). The molecule has 0 radical (unpaired) electrons. The molecule has 0 fully saturated rings. The van der Waals surface area contributed by atoms with Crippen molar-refractivity contribution in [1.29, 1.82) is 0 Å². The fourth-order valence-corrected chi connectivity index (χ4v) is 2.34. The molecule has 0 aliphatic carbocycles. The molecule has 5 nitrogen and oxygen atoms in total. The van der Waals surface area contributed by atoms with Crippen LogP contribution in [0.2, 0.25) is 0 Å². The minimum atomic E-state index is -0.830. The van der Waals surface area contributed by atoms with E-state index in [1.165, 1.54) is 0 Å². The minimum absolute atomic E-state index is 0.0732. The summed E-state index contributed by atoms with van der Waals surface area (Å²) in [6.07, 6.45) is -0.566. The highest BCUT2D eigenvalue weighted by Gasteiger charge is 2.17. The Labute approximate surface area is 119 Å². The number of aryl methyl sites for hydroxylation is 2. The van der Waals surface area contributed by atoms with Gasteiger partial charge in [-0.15, -0.1) is 0 Å². The lowest BCUT2D eigenvalue weighted by Crippen LogP contribution is -2.27. The number of methoxy groups -OCH3 is 1. The zero-order valence-electron chi connectivity index (χ0n) is 12.5. The summed E-state index contributed by atoms with van der Waals surface area (Å²) in [5, 5.41) is 19.0. The second-order valence-corrected chi connectivity index (χ2v) is 5.10. The van der Waals surface area contributed by atoms with Crippen LogP contribution in [0.25, 0.3) is 0 Å². The highest BCUT2D eigenvalue weighted by atomic mass is 16.5. The zero-order valence-corrected chi connectivity index (χ0v) is 12.5. The lowest BCUT2D eigenvalue weighted by atomic mass is 9.97. The summed E-state index contributed by atoms with van der Waals surface area (Å²) in [7, 11) is 3.42. The molecular weight excluding hydrogens is 258 g/mol. The van der Waals surface area contributed by atoms with E-state index in [1.807, 2.05) is 30.9 Å². The molecule has 1 aromatic carbocycles. The minimum Gasteiger partial charge on any atom is -0.497 e. The molecule has 5 heteroatoms. The van der Waals surface area contributed by atoms with Crippen molar-refractivity contribution in [1.82, 2.24) is 4.90 Å². The summed E-state index contributed by atoms with van der Waals surface area (Å²) in [4.78, 5) is 12.4. The van der Waals surface area contributed by atoms with Gasteiger partial charge in [0.05, 0.1) is 19.6 Å². The van der Waals surface area contributed by atoms with Gasteiger partial charge < -0.3 is 19.8 Å². The van der Waals surface area contributed by atoms with E-state index in [-0.39, 0.29) is 6.42 Å². The van der Waals surface area contributed by atoms with Crippen LogP contribution in [-0.4, -0.2) is 48.3 Å². The van der Waals surface area contributed by atoms with Gasteiger partial charge in [-0.05, 0) is 49.7 Å². The molecule has 0 heterocycles. The van der Waals surface area contributed by atoms with Crippen molar-refractivity contribution >= 4 is 5.97 Å². The number of nitrogens with zero attached hydrogens (tertiary/aromatic N) is 1. The van der Waals surface area contributed by atoms with E-state index in [9.17, 15) is 9.90 Å². The number of ether oxygens (including phenoxy) is 1. The predicted molar refractivity (Wildman–Crippen MR) is 77.2 cm³/mol. The molecule has 2 N–H and O–H groups in total. The van der Waals surface area contributed by atoms with Gasteiger partial charge in [-0.25, -0.2) is 0 Å². The number of carbonyl (C=O) groups is 1. The topological polar surface area (TPSA) is 70.0 Å². The molecule has 112 valence electrons. The maximum atomic E-state index is 10.5. The number of hydrogen-bond acceptors (Lipinski definition) is 4. The lowest BCUT2D eigenvalue weighted by Gasteiger charge is -2.23. The van der Waals surface area contributed by atoms with Crippen LogP contribution < -0.4 is 4.74 Å². The summed E-state index contributed by atoms with van der Waals surface area (Å²) in [6, 6.07) is 3.78. The Morgan fingerprint density at radius 3 is 2.35 bits per heavy atom. The Morgan fingerprint density at radius 1 is 1.35 bits per heavy atom. The van der Waals surface area contributed by atoms with E-state index in [1.54, 1.807) is 14.2 Å². The molecule has 0 saturated heterocycles. The lowest BCUT2D eigenvalue weighted by molar-refractivity contribution is -0.137. The Bertz CT molecular complexity index is 450. The molecule has 20 heavy (non-hydrogen) atoms. The SMILES string of the molecule is COc1cc(C)c(C(O)CN(C)CCC(=O)O)c(C)c1. The molecule has 1 rings (SSSR count). The molecule has 0 aliphatic rings. The fraction of sp³-hybridized carbons (Fsp3) is 0.533. The number of rotatable bonds is 7. The predicted octanol–water partition coefficient (Wildman–Crippen LogP) is 1.75. The maximum absolute atomic E-state index is 10.5. The average Bonchev–Trinajstić information content (AvgIpc) is 2.35. The van der Waals surface area contributed by atoms with Gasteiger partial charge in [0, 0.05) is 13.1 Å². The summed E-state index contributed by atoms with van der Waals surface area (Å²) in [5.74, 6) is -0.0571. The number of carboxylic acids is 1. The van der Waals surface area contributed by atoms with Crippen LogP contribution in [0.5, 0.6) is 5.75 Å². The number of carboxylic acid groups (broad SMARTS) is 1. The second kappa shape index (κ2) is 7.26. The van der Waals surface area contributed by atoms with E-state index in [0.717, 1.165) is 22.4 Å². The fourth-order valence-electron chi connectivity index (χ4n) is 2.34. The van der Waals surface area contributed by atoms with Gasteiger partial charge in [-0.3, -0.25) is 4.79 Å². The first kappa shape index (κ1) is 16.5. The summed E-state index contributed by atoms with van der Waals surface area (Å²) in [6.45, 7) is 4.69. The van der Waals surface area contributed by atoms with Crippen molar-refractivity contribution in [3.63, 3.8) is 0 Å². The van der Waals surface area contributed by atoms with Gasteiger partial charge >= 0.3 is 5.97 Å². The Morgan fingerprint density at radius 2 is 1.90 bits per heavy atom. The summed E-state index contributed by atoms with van der Waals surface area (Å²) >= 11 is 0. The smallest absolute Gasteiger partial charge is 0.304 e. The molecule has 1 atom stereocenters. The first-order chi connectivity index (χ1) is 9.35. The van der Waals surface area contributed by atoms with Gasteiger partial charge in [-0.1, -0.05) is 0 Å². The van der Waals surface area contributed by atoms with E-state index >= 15 is 0 Å². The number of benzene rings is 1. The molecule has 0 spiro atoms. The van der Waals surface area contributed by atoms with Crippen molar-refractivity contribution in [2.75, 3.05) is 27.2 Å². The number of likely N-dealkylation sites (N-methyl/N-ethyl adjacent to an activating group) is 1. The van der Waals surface area contributed by atoms with E-state index in [2.05, 4.69) is 0 Å². The largest absolute Gasteiger partial charge is 0.497 e. The molecular formula is C15H23NO4. The third-order valence-corrected chi connectivity index (χ3v) is 3.33. The van der Waals surface area contributed by atoms with Crippen molar-refractivity contribution in [2.24, 2.45) is 0 Å². The van der Waals surface area contributed by atoms with E-state index in [0.29, 0.717) is 13.1 Å². The van der Waals surface area contributed by atoms with Gasteiger partial charge in [-0.2, -0.15) is 0 Å². The third-order valence-electron chi connectivity index (χ3n) is 3.33. The van der Waals surface area contributed by atoms with Crippen molar-refractivity contribution in [2.45, 2.75) is 26.4 Å². The second-order valence-electron chi connectivity index (χ2n) is 5.10. The zero-order chi connectivity index (χ0) is 15.3. The molecule has 0 aliphatic heterocycles. The van der Waals surface area contributed by atoms with Crippen LogP contribution in [0.15, 0.2) is 12.1 Å². The van der Waals surface area contributed by atoms with Crippen molar-refractivity contribution < 1.29 is 19.7 Å². The van der Waals surface area contributed by atoms with Crippen LogP contribution in [0.3, 0.4) is 0 Å². The molecule has 0 amide bonds. The number of aliphatic carboxylic acids is 1. The van der Waals surface area contributed by atoms with E-state index in [4.69, 9.17) is 9.84 Å². The van der Waals surface area contributed by atoms with Crippen molar-refractivity contribution in [3.8, 4) is 5.75 Å². The van der Waals surface area contributed by atoms with E-state index < -0.39 is 12.1 Å². The summed E-state index contributed by atoms with van der Waals surface area (Å²) < 4.78 is 5.20. The Kier molecular flexibility index (Phi) is 5.98. The number of aliphatic hydroxyl groups excluding tert-OH is 1. The van der Waals surface area contributed by atoms with Gasteiger partial charge in [0.15, 0.2) is 0 Å². The first-order valence-electron chi connectivity index (χ1n) is 6.58. The molecule has 1 aromatic rings. The molecule has 0 aromatic heterocycles. The Hall–Kier alpha value is -1.59. The normalized spacial score (nSPS) is 12.5. The van der Waals surface area contributed by atoms with Crippen LogP contribution >= 0.6 is 0 Å².